The van der Waals surface area contributed by atoms with Gasteiger partial charge in [0.25, 0.3) is 0 Å². The number of methoxy groups -OCH3 is 2. The molecular weight excluding hydrogens is 448 g/mol. The summed E-state index contributed by atoms with van der Waals surface area (Å²) in [5.41, 5.74) is 1.43. The van der Waals surface area contributed by atoms with E-state index < -0.39 is 9.84 Å². The van der Waals surface area contributed by atoms with E-state index >= 15 is 0 Å². The number of ether oxygens (including phenoxy) is 2. The molecular formula is C21H22N6O5S. The average molecular weight is 471 g/mol. The molecule has 0 aliphatic heterocycles. The van der Waals surface area contributed by atoms with Gasteiger partial charge in [-0.3, -0.25) is 0 Å². The second-order valence-corrected chi connectivity index (χ2v) is 9.30. The van der Waals surface area contributed by atoms with Crippen LogP contribution in [0.5, 0.6) is 11.5 Å². The van der Waals surface area contributed by atoms with Gasteiger partial charge in [-0.2, -0.15) is 9.67 Å². The molecule has 2 heterocycles. The van der Waals surface area contributed by atoms with E-state index in [-0.39, 0.29) is 23.2 Å². The molecule has 0 unspecified atom stereocenters. The predicted octanol–water partition coefficient (Wildman–Crippen LogP) is 2.28. The normalized spacial score (nSPS) is 11.5. The van der Waals surface area contributed by atoms with E-state index in [1.807, 2.05) is 30.3 Å². The number of hydrogen-bond acceptors (Lipinski definition) is 10. The second-order valence-electron chi connectivity index (χ2n) is 7.12. The maximum atomic E-state index is 12.6. The molecule has 0 saturated heterocycles. The number of aromatic nitrogens is 6. The minimum Gasteiger partial charge on any atom is -0.493 e. The number of rotatable bonds is 10. The molecule has 11 nitrogen and oxygen atoms in total. The van der Waals surface area contributed by atoms with Crippen molar-refractivity contribution >= 4 is 9.84 Å². The fourth-order valence-corrected chi connectivity index (χ4v) is 4.47. The Morgan fingerprint density at radius 1 is 1.03 bits per heavy atom. The van der Waals surface area contributed by atoms with Crippen molar-refractivity contribution in [1.29, 1.82) is 0 Å². The third-order valence-corrected chi connectivity index (χ3v) is 6.44. The van der Waals surface area contributed by atoms with Gasteiger partial charge in [0.15, 0.2) is 27.2 Å². The van der Waals surface area contributed by atoms with E-state index in [1.54, 1.807) is 22.9 Å². The molecule has 0 spiro atoms. The Morgan fingerprint density at radius 3 is 2.58 bits per heavy atom. The minimum absolute atomic E-state index is 0.0221. The number of para-hydroxylation sites is 1. The highest BCUT2D eigenvalue weighted by molar-refractivity contribution is 7.90. The number of tetrazole rings is 1. The van der Waals surface area contributed by atoms with Gasteiger partial charge >= 0.3 is 0 Å². The molecule has 4 aromatic rings. The Kier molecular flexibility index (Phi) is 6.63. The Bertz CT molecular complexity index is 1320. The summed E-state index contributed by atoms with van der Waals surface area (Å²) < 4.78 is 42.4. The summed E-state index contributed by atoms with van der Waals surface area (Å²) in [6.07, 6.45) is 0.758. The summed E-state index contributed by atoms with van der Waals surface area (Å²) in [7, 11) is -0.416. The lowest BCUT2D eigenvalue weighted by molar-refractivity contribution is 0.355. The summed E-state index contributed by atoms with van der Waals surface area (Å²) >= 11 is 0. The molecule has 2 aromatic carbocycles. The van der Waals surface area contributed by atoms with Crippen molar-refractivity contribution < 1.29 is 22.4 Å². The summed E-state index contributed by atoms with van der Waals surface area (Å²) in [6, 6.07) is 14.6. The first kappa shape index (κ1) is 22.4. The molecule has 33 heavy (non-hydrogen) atoms. The summed E-state index contributed by atoms with van der Waals surface area (Å²) in [6.45, 7) is 0. The SMILES string of the molecule is COc1ccc(-c2noc(CS(=O)(=O)CCCc3nnnn3-c3ccccc3)n2)cc1OC. The van der Waals surface area contributed by atoms with Crippen LogP contribution in [0.15, 0.2) is 53.1 Å². The van der Waals surface area contributed by atoms with Gasteiger partial charge in [-0.05, 0) is 47.2 Å². The standard InChI is InChI=1S/C21H22N6O5S/c1-30-17-11-10-15(13-18(17)31-2)21-22-20(32-24-21)14-33(28,29)12-6-9-19-23-25-26-27(19)16-7-4-3-5-8-16/h3-5,7-8,10-11,13H,6,9,12,14H2,1-2H3. The van der Waals surface area contributed by atoms with Gasteiger partial charge in [-0.25, -0.2) is 8.42 Å². The van der Waals surface area contributed by atoms with Crippen LogP contribution in [0.25, 0.3) is 17.1 Å². The van der Waals surface area contributed by atoms with Gasteiger partial charge in [-0.1, -0.05) is 23.4 Å². The Hall–Kier alpha value is -3.80. The largest absolute Gasteiger partial charge is 0.493 e. The van der Waals surface area contributed by atoms with Gasteiger partial charge in [0, 0.05) is 12.0 Å². The second kappa shape index (κ2) is 9.77. The molecule has 0 saturated carbocycles. The molecule has 0 N–H and O–H groups in total. The molecule has 2 aromatic heterocycles. The molecule has 0 bridgehead atoms. The van der Waals surface area contributed by atoms with Crippen molar-refractivity contribution in [2.75, 3.05) is 20.0 Å². The van der Waals surface area contributed by atoms with Crippen molar-refractivity contribution in [1.82, 2.24) is 30.3 Å². The smallest absolute Gasteiger partial charge is 0.242 e. The molecule has 172 valence electrons. The minimum atomic E-state index is -3.48. The third kappa shape index (κ3) is 5.34. The highest BCUT2D eigenvalue weighted by atomic mass is 32.2. The maximum Gasteiger partial charge on any atom is 0.242 e. The number of aryl methyl sites for hydroxylation is 1. The van der Waals surface area contributed by atoms with Crippen LogP contribution < -0.4 is 9.47 Å². The molecule has 0 amide bonds. The predicted molar refractivity (Wildman–Crippen MR) is 118 cm³/mol. The molecule has 4 rings (SSSR count). The van der Waals surface area contributed by atoms with Gasteiger partial charge in [-0.15, -0.1) is 5.10 Å². The first-order valence-electron chi connectivity index (χ1n) is 10.1. The summed E-state index contributed by atoms with van der Waals surface area (Å²) in [5.74, 6) is 1.53. The lowest BCUT2D eigenvalue weighted by Crippen LogP contribution is -2.12. The van der Waals surface area contributed by atoms with E-state index in [0.29, 0.717) is 35.7 Å². The average Bonchev–Trinajstić information content (AvgIpc) is 3.48. The highest BCUT2D eigenvalue weighted by Crippen LogP contribution is 2.31. The van der Waals surface area contributed by atoms with E-state index in [1.165, 1.54) is 14.2 Å². The number of sulfone groups is 1. The van der Waals surface area contributed by atoms with Gasteiger partial charge < -0.3 is 14.0 Å². The number of nitrogens with zero attached hydrogens (tertiary/aromatic N) is 6. The molecule has 0 aliphatic carbocycles. The van der Waals surface area contributed by atoms with Crippen molar-refractivity contribution in [3.63, 3.8) is 0 Å². The van der Waals surface area contributed by atoms with Crippen molar-refractivity contribution in [3.8, 4) is 28.6 Å². The van der Waals surface area contributed by atoms with Crippen LogP contribution in [-0.2, 0) is 22.0 Å². The number of hydrogen-bond donors (Lipinski definition) is 0. The van der Waals surface area contributed by atoms with Crippen molar-refractivity contribution in [2.45, 2.75) is 18.6 Å². The van der Waals surface area contributed by atoms with Crippen LogP contribution >= 0.6 is 0 Å². The molecule has 0 atom stereocenters. The Morgan fingerprint density at radius 2 is 1.82 bits per heavy atom. The van der Waals surface area contributed by atoms with Gasteiger partial charge in [0.1, 0.15) is 5.75 Å². The van der Waals surface area contributed by atoms with Crippen LogP contribution in [0, 0.1) is 0 Å². The van der Waals surface area contributed by atoms with E-state index in [0.717, 1.165) is 5.69 Å². The molecule has 12 heteroatoms. The van der Waals surface area contributed by atoms with Crippen LogP contribution in [0.2, 0.25) is 0 Å². The van der Waals surface area contributed by atoms with Crippen molar-refractivity contribution in [3.05, 3.63) is 60.2 Å². The first-order valence-corrected chi connectivity index (χ1v) is 11.9. The topological polar surface area (TPSA) is 135 Å². The summed E-state index contributed by atoms with van der Waals surface area (Å²) in [4.78, 5) is 4.22. The first-order chi connectivity index (χ1) is 16.0. The lowest BCUT2D eigenvalue weighted by Gasteiger charge is -2.07. The van der Waals surface area contributed by atoms with Gasteiger partial charge in [0.2, 0.25) is 11.7 Å². The van der Waals surface area contributed by atoms with E-state index in [9.17, 15) is 8.42 Å². The van der Waals surface area contributed by atoms with Crippen LogP contribution in [0.3, 0.4) is 0 Å². The zero-order valence-electron chi connectivity index (χ0n) is 18.1. The van der Waals surface area contributed by atoms with Crippen molar-refractivity contribution in [2.24, 2.45) is 0 Å². The third-order valence-electron chi connectivity index (χ3n) is 4.84. The zero-order chi connectivity index (χ0) is 23.3. The van der Waals surface area contributed by atoms with Gasteiger partial charge in [0.05, 0.1) is 25.7 Å². The molecule has 0 aliphatic rings. The Balaban J connectivity index is 1.38. The monoisotopic (exact) mass is 470 g/mol. The maximum absolute atomic E-state index is 12.6. The van der Waals surface area contributed by atoms with Crippen LogP contribution in [-0.4, -0.2) is 58.7 Å². The quantitative estimate of drug-likeness (QED) is 0.339. The fourth-order valence-electron chi connectivity index (χ4n) is 3.25. The zero-order valence-corrected chi connectivity index (χ0v) is 18.9. The fraction of sp³-hybridized carbons (Fsp3) is 0.286. The highest BCUT2D eigenvalue weighted by Gasteiger charge is 2.19. The van der Waals surface area contributed by atoms with E-state index in [4.69, 9.17) is 14.0 Å². The van der Waals surface area contributed by atoms with Crippen LogP contribution in [0.4, 0.5) is 0 Å². The molecule has 0 fully saturated rings. The Labute approximate surface area is 190 Å². The summed E-state index contributed by atoms with van der Waals surface area (Å²) in [5, 5.41) is 15.6. The van der Waals surface area contributed by atoms with E-state index in [2.05, 4.69) is 25.7 Å². The van der Waals surface area contributed by atoms with Crippen LogP contribution in [0.1, 0.15) is 18.1 Å². The lowest BCUT2D eigenvalue weighted by atomic mass is 10.2. The molecule has 0 radical (unpaired) electrons. The number of benzene rings is 2.